The molecule has 2 aromatic rings. The Morgan fingerprint density at radius 3 is 2.38 bits per heavy atom. The Morgan fingerprint density at radius 1 is 1.00 bits per heavy atom. The fraction of sp³-hybridized carbons (Fsp3) is 0.111. The number of phenolic OH excluding ortho intramolecular Hbond substituents is 1. The molecule has 0 spiro atoms. The number of ether oxygens (including phenoxy) is 1. The van der Waals surface area contributed by atoms with Gasteiger partial charge < -0.3 is 9.84 Å². The second-order valence-corrected chi connectivity index (χ2v) is 6.93. The molecule has 1 aliphatic heterocycles. The molecule has 3 unspecified atom stereocenters. The van der Waals surface area contributed by atoms with E-state index in [-0.39, 0.29) is 28.0 Å². The number of aromatic hydroxyl groups is 1. The lowest BCUT2D eigenvalue weighted by Gasteiger charge is -2.29. The van der Waals surface area contributed by atoms with Crippen molar-refractivity contribution in [1.29, 1.82) is 0 Å². The number of fused-ring (bicyclic) bond motifs is 1. The molecule has 0 aromatic heterocycles. The van der Waals surface area contributed by atoms with Gasteiger partial charge >= 0.3 is 0 Å². The molecule has 0 amide bonds. The van der Waals surface area contributed by atoms with Gasteiger partial charge in [0.25, 0.3) is 0 Å². The molecule has 2 nitrogen and oxygen atoms in total. The Morgan fingerprint density at radius 2 is 1.71 bits per heavy atom. The summed E-state index contributed by atoms with van der Waals surface area (Å²) in [7, 11) is -0.184. The molecule has 3 rings (SSSR count). The average Bonchev–Trinajstić information content (AvgIpc) is 2.53. The van der Waals surface area contributed by atoms with Crippen molar-refractivity contribution in [3.63, 3.8) is 0 Å². The lowest BCUT2D eigenvalue weighted by Crippen LogP contribution is -2.39. The third-order valence-electron chi connectivity index (χ3n) is 3.50. The summed E-state index contributed by atoms with van der Waals surface area (Å²) in [6.07, 6.45) is 3.69. The van der Waals surface area contributed by atoms with Gasteiger partial charge in [0, 0.05) is 0 Å². The third kappa shape index (κ3) is 2.45. The molecular formula is C18H17O2S+. The summed E-state index contributed by atoms with van der Waals surface area (Å²) in [4.78, 5) is 2.34. The second kappa shape index (κ2) is 5.70. The molecule has 106 valence electrons. The smallest absolute Gasteiger partial charge is 0.203 e. The van der Waals surface area contributed by atoms with Crippen LogP contribution in [0.15, 0.2) is 83.6 Å². The maximum atomic E-state index is 9.51. The second-order valence-electron chi connectivity index (χ2n) is 4.80. The van der Waals surface area contributed by atoms with Crippen molar-refractivity contribution in [2.45, 2.75) is 21.1 Å². The van der Waals surface area contributed by atoms with Crippen molar-refractivity contribution in [2.24, 2.45) is 0 Å². The molecule has 3 heteroatoms. The van der Waals surface area contributed by atoms with E-state index in [1.54, 1.807) is 12.1 Å². The minimum Gasteiger partial charge on any atom is -0.508 e. The van der Waals surface area contributed by atoms with Gasteiger partial charge in [0.2, 0.25) is 4.90 Å². The normalized spacial score (nSPS) is 23.7. The number of rotatable bonds is 3. The molecule has 0 bridgehead atoms. The van der Waals surface area contributed by atoms with Crippen LogP contribution in [0.4, 0.5) is 0 Å². The van der Waals surface area contributed by atoms with Crippen LogP contribution in [0.3, 0.4) is 0 Å². The Balaban J connectivity index is 2.15. The summed E-state index contributed by atoms with van der Waals surface area (Å²) in [5.41, 5.74) is 0. The van der Waals surface area contributed by atoms with Crippen LogP contribution < -0.4 is 4.74 Å². The third-order valence-corrected chi connectivity index (χ3v) is 6.10. The van der Waals surface area contributed by atoms with Gasteiger partial charge in [0.05, 0.1) is 10.9 Å². The van der Waals surface area contributed by atoms with Crippen LogP contribution in [0.1, 0.15) is 0 Å². The van der Waals surface area contributed by atoms with E-state index in [4.69, 9.17) is 4.74 Å². The van der Waals surface area contributed by atoms with E-state index in [1.165, 1.54) is 9.79 Å². The summed E-state index contributed by atoms with van der Waals surface area (Å²) in [6.45, 7) is 7.87. The summed E-state index contributed by atoms with van der Waals surface area (Å²) in [5, 5.41) is 9.65. The predicted molar refractivity (Wildman–Crippen MR) is 87.0 cm³/mol. The van der Waals surface area contributed by atoms with Crippen LogP contribution in [-0.2, 0) is 10.9 Å². The van der Waals surface area contributed by atoms with Gasteiger partial charge in [-0.25, -0.2) is 0 Å². The molecule has 0 aliphatic carbocycles. The van der Waals surface area contributed by atoms with Gasteiger partial charge in [-0.15, -0.1) is 0 Å². The quantitative estimate of drug-likeness (QED) is 0.687. The minimum absolute atomic E-state index is 0.0884. The number of para-hydroxylation sites is 1. The van der Waals surface area contributed by atoms with Gasteiger partial charge in [-0.05, 0) is 48.6 Å². The Hall–Kier alpha value is -2.13. The highest BCUT2D eigenvalue weighted by atomic mass is 32.2. The average molecular weight is 297 g/mol. The van der Waals surface area contributed by atoms with Crippen molar-refractivity contribution < 1.29 is 9.84 Å². The lowest BCUT2D eigenvalue weighted by atomic mass is 10.2. The van der Waals surface area contributed by atoms with Crippen molar-refractivity contribution in [3.05, 3.63) is 73.8 Å². The zero-order valence-electron chi connectivity index (χ0n) is 11.6. The molecule has 0 fully saturated rings. The fourth-order valence-electron chi connectivity index (χ4n) is 2.51. The van der Waals surface area contributed by atoms with E-state index in [2.05, 4.69) is 19.2 Å². The van der Waals surface area contributed by atoms with E-state index < -0.39 is 0 Å². The van der Waals surface area contributed by atoms with Gasteiger partial charge in [0.1, 0.15) is 5.75 Å². The summed E-state index contributed by atoms with van der Waals surface area (Å²) in [6, 6.07) is 15.5. The largest absolute Gasteiger partial charge is 0.508 e. The van der Waals surface area contributed by atoms with Crippen LogP contribution in [0.2, 0.25) is 0 Å². The molecule has 2 aromatic carbocycles. The standard InChI is InChI=1S/C18H16O2S/c1-3-15-17(4-2)21(14-11-9-13(19)10-12-14)18-8-6-5-7-16(18)20-15/h3-12,15,17H,1-2H2/p+1. The highest BCUT2D eigenvalue weighted by Gasteiger charge is 2.45. The first-order chi connectivity index (χ1) is 10.2. The maximum Gasteiger partial charge on any atom is 0.203 e. The van der Waals surface area contributed by atoms with Gasteiger partial charge in [-0.3, -0.25) is 0 Å². The molecule has 1 N–H and O–H groups in total. The van der Waals surface area contributed by atoms with Gasteiger partial charge in [-0.2, -0.15) is 0 Å². The number of benzene rings is 2. The topological polar surface area (TPSA) is 29.5 Å². The number of hydrogen-bond acceptors (Lipinski definition) is 2. The highest BCUT2D eigenvalue weighted by molar-refractivity contribution is 7.98. The summed E-state index contributed by atoms with van der Waals surface area (Å²) in [5.74, 6) is 1.18. The van der Waals surface area contributed by atoms with Crippen molar-refractivity contribution in [1.82, 2.24) is 0 Å². The first-order valence-electron chi connectivity index (χ1n) is 6.77. The van der Waals surface area contributed by atoms with Crippen LogP contribution in [0.25, 0.3) is 0 Å². The number of phenols is 1. The lowest BCUT2D eigenvalue weighted by molar-refractivity contribution is 0.243. The van der Waals surface area contributed by atoms with Crippen LogP contribution in [0.5, 0.6) is 11.5 Å². The minimum atomic E-state index is -0.184. The van der Waals surface area contributed by atoms with Crippen LogP contribution >= 0.6 is 0 Å². The van der Waals surface area contributed by atoms with Crippen molar-refractivity contribution >= 4 is 10.9 Å². The van der Waals surface area contributed by atoms with Crippen molar-refractivity contribution in [3.8, 4) is 11.5 Å². The first-order valence-corrected chi connectivity index (χ1v) is 8.06. The predicted octanol–water partition coefficient (Wildman–Crippen LogP) is 3.93. The molecule has 1 aliphatic rings. The molecule has 1 heterocycles. The van der Waals surface area contributed by atoms with Crippen LogP contribution in [0, 0.1) is 0 Å². The molecule has 0 saturated heterocycles. The molecule has 3 atom stereocenters. The van der Waals surface area contributed by atoms with E-state index in [0.29, 0.717) is 0 Å². The Bertz CT molecular complexity index is 663. The molecule has 21 heavy (non-hydrogen) atoms. The first kappa shape index (κ1) is 13.8. The van der Waals surface area contributed by atoms with E-state index >= 15 is 0 Å². The zero-order chi connectivity index (χ0) is 14.8. The highest BCUT2D eigenvalue weighted by Crippen LogP contribution is 2.41. The van der Waals surface area contributed by atoms with E-state index in [9.17, 15) is 5.11 Å². The monoisotopic (exact) mass is 297 g/mol. The Labute approximate surface area is 127 Å². The summed E-state index contributed by atoms with van der Waals surface area (Å²) >= 11 is 0. The summed E-state index contributed by atoms with van der Waals surface area (Å²) < 4.78 is 6.03. The van der Waals surface area contributed by atoms with Crippen LogP contribution in [-0.4, -0.2) is 16.5 Å². The van der Waals surface area contributed by atoms with E-state index in [1.807, 2.05) is 42.5 Å². The number of hydrogen-bond donors (Lipinski definition) is 1. The van der Waals surface area contributed by atoms with E-state index in [0.717, 1.165) is 5.75 Å². The van der Waals surface area contributed by atoms with Gasteiger partial charge in [-0.1, -0.05) is 25.3 Å². The molecular weight excluding hydrogens is 280 g/mol. The SMILES string of the molecule is C=CC1Oc2ccccc2[S+](c2ccc(O)cc2)C1C=C. The molecule has 0 radical (unpaired) electrons. The fourth-order valence-corrected chi connectivity index (χ4v) is 4.99. The van der Waals surface area contributed by atoms with Gasteiger partial charge in [0.15, 0.2) is 22.0 Å². The van der Waals surface area contributed by atoms with Crippen molar-refractivity contribution in [2.75, 3.05) is 0 Å². The maximum absolute atomic E-state index is 9.51. The Kier molecular flexibility index (Phi) is 3.76. The molecule has 0 saturated carbocycles. The zero-order valence-corrected chi connectivity index (χ0v) is 12.4.